The van der Waals surface area contributed by atoms with Crippen molar-refractivity contribution in [2.45, 2.75) is 6.04 Å². The van der Waals surface area contributed by atoms with E-state index in [2.05, 4.69) is 12.1 Å². The Morgan fingerprint density at radius 3 is 2.23 bits per heavy atom. The van der Waals surface area contributed by atoms with Gasteiger partial charge in [0.05, 0.1) is 37.9 Å². The van der Waals surface area contributed by atoms with E-state index >= 15 is 0 Å². The van der Waals surface area contributed by atoms with Gasteiger partial charge in [0.25, 0.3) is 5.91 Å². The number of carbonyl (C=O) groups excluding carboxylic acids is 1. The lowest BCUT2D eigenvalue weighted by molar-refractivity contribution is -0.112. The van der Waals surface area contributed by atoms with Gasteiger partial charge in [0, 0.05) is 5.69 Å². The van der Waals surface area contributed by atoms with Crippen LogP contribution in [-0.2, 0) is 4.79 Å². The summed E-state index contributed by atoms with van der Waals surface area (Å²) >= 11 is 0. The standard InChI is InChI=1S/C26H23N3O2/c1-31-21-14-8-11-19(17-21)25-22-23(18-9-4-2-5-10-18)27-15-16-28-24(22)26(30)29(25)20-12-6-3-7-13-20/h2-14,17,22,25H,15-16H2,1H3/t22-,25-/m0/s1. The van der Waals surface area contributed by atoms with Gasteiger partial charge in [-0.1, -0.05) is 60.7 Å². The van der Waals surface area contributed by atoms with Crippen LogP contribution in [0.25, 0.3) is 0 Å². The molecule has 0 bridgehead atoms. The monoisotopic (exact) mass is 409 g/mol. The predicted molar refractivity (Wildman–Crippen MR) is 123 cm³/mol. The Labute approximate surface area is 181 Å². The van der Waals surface area contributed by atoms with Crippen molar-refractivity contribution in [2.24, 2.45) is 15.9 Å². The highest BCUT2D eigenvalue weighted by atomic mass is 16.5. The van der Waals surface area contributed by atoms with Crippen molar-refractivity contribution >= 4 is 23.0 Å². The molecular weight excluding hydrogens is 386 g/mol. The summed E-state index contributed by atoms with van der Waals surface area (Å²) in [5.41, 5.74) is 4.37. The number of carbonyl (C=O) groups is 1. The number of aliphatic imine (C=N–C) groups is 2. The summed E-state index contributed by atoms with van der Waals surface area (Å²) in [5.74, 6) is 0.439. The molecule has 3 aromatic carbocycles. The van der Waals surface area contributed by atoms with Gasteiger partial charge in [-0.25, -0.2) is 0 Å². The van der Waals surface area contributed by atoms with Crippen LogP contribution in [0.3, 0.4) is 0 Å². The molecule has 0 N–H and O–H groups in total. The van der Waals surface area contributed by atoms with Gasteiger partial charge in [-0.15, -0.1) is 0 Å². The van der Waals surface area contributed by atoms with E-state index in [1.54, 1.807) is 7.11 Å². The van der Waals surface area contributed by atoms with E-state index in [4.69, 9.17) is 14.7 Å². The summed E-state index contributed by atoms with van der Waals surface area (Å²) < 4.78 is 5.49. The van der Waals surface area contributed by atoms with E-state index in [1.165, 1.54) is 0 Å². The Bertz CT molecular complexity index is 1160. The Morgan fingerprint density at radius 2 is 1.52 bits per heavy atom. The molecule has 31 heavy (non-hydrogen) atoms. The van der Waals surface area contributed by atoms with Crippen LogP contribution in [0, 0.1) is 5.92 Å². The molecule has 0 spiro atoms. The minimum absolute atomic E-state index is 0.0606. The smallest absolute Gasteiger partial charge is 0.273 e. The van der Waals surface area contributed by atoms with Gasteiger partial charge in [0.2, 0.25) is 0 Å². The summed E-state index contributed by atoms with van der Waals surface area (Å²) in [4.78, 5) is 25.2. The van der Waals surface area contributed by atoms with E-state index in [9.17, 15) is 4.79 Å². The average molecular weight is 409 g/mol. The zero-order chi connectivity index (χ0) is 21.2. The van der Waals surface area contributed by atoms with Crippen LogP contribution in [0.1, 0.15) is 17.2 Å². The zero-order valence-corrected chi connectivity index (χ0v) is 17.3. The number of para-hydroxylation sites is 1. The Balaban J connectivity index is 1.72. The maximum Gasteiger partial charge on any atom is 0.273 e. The summed E-state index contributed by atoms with van der Waals surface area (Å²) in [5, 5.41) is 0. The molecule has 0 radical (unpaired) electrons. The molecule has 2 aliphatic heterocycles. The maximum absolute atomic E-state index is 13.7. The van der Waals surface area contributed by atoms with Crippen molar-refractivity contribution in [3.8, 4) is 5.75 Å². The summed E-state index contributed by atoms with van der Waals surface area (Å²) in [6.07, 6.45) is 0. The SMILES string of the molecule is COc1cccc([C@H]2[C@@H]3C(=NCCN=C3c3ccccc3)C(=O)N2c2ccccc2)c1. The van der Waals surface area contributed by atoms with Gasteiger partial charge in [0.1, 0.15) is 11.5 Å². The molecule has 0 aliphatic carbocycles. The van der Waals surface area contributed by atoms with Crippen LogP contribution in [0.15, 0.2) is 94.9 Å². The van der Waals surface area contributed by atoms with Crippen molar-refractivity contribution < 1.29 is 9.53 Å². The van der Waals surface area contributed by atoms with Crippen LogP contribution in [0.2, 0.25) is 0 Å². The molecule has 154 valence electrons. The Morgan fingerprint density at radius 1 is 0.839 bits per heavy atom. The first-order valence-electron chi connectivity index (χ1n) is 10.4. The van der Waals surface area contributed by atoms with Crippen LogP contribution < -0.4 is 9.64 Å². The van der Waals surface area contributed by atoms with E-state index in [0.717, 1.165) is 28.3 Å². The van der Waals surface area contributed by atoms with Crippen LogP contribution in [0.5, 0.6) is 5.75 Å². The highest BCUT2D eigenvalue weighted by Gasteiger charge is 2.49. The molecule has 3 aromatic rings. The van der Waals surface area contributed by atoms with Crippen molar-refractivity contribution in [2.75, 3.05) is 25.1 Å². The number of amides is 1. The molecule has 1 fully saturated rings. The normalized spacial score (nSPS) is 20.5. The minimum Gasteiger partial charge on any atom is -0.497 e. The molecule has 2 atom stereocenters. The van der Waals surface area contributed by atoms with E-state index in [0.29, 0.717) is 18.8 Å². The molecule has 1 amide bonds. The molecule has 5 heteroatoms. The molecule has 0 unspecified atom stereocenters. The van der Waals surface area contributed by atoms with Gasteiger partial charge in [-0.05, 0) is 35.4 Å². The van der Waals surface area contributed by atoms with Crippen molar-refractivity contribution in [1.82, 2.24) is 0 Å². The lowest BCUT2D eigenvalue weighted by atomic mass is 9.85. The molecule has 0 aromatic heterocycles. The molecule has 1 saturated heterocycles. The number of anilines is 1. The summed E-state index contributed by atoms with van der Waals surface area (Å²) in [7, 11) is 1.66. The fourth-order valence-electron chi connectivity index (χ4n) is 4.48. The first kappa shape index (κ1) is 19.2. The van der Waals surface area contributed by atoms with Crippen LogP contribution in [-0.4, -0.2) is 37.5 Å². The largest absolute Gasteiger partial charge is 0.497 e. The van der Waals surface area contributed by atoms with Crippen molar-refractivity contribution in [3.63, 3.8) is 0 Å². The number of methoxy groups -OCH3 is 1. The van der Waals surface area contributed by atoms with Gasteiger partial charge in [-0.2, -0.15) is 0 Å². The first-order chi connectivity index (χ1) is 15.3. The summed E-state index contributed by atoms with van der Waals surface area (Å²) in [6.45, 7) is 1.09. The van der Waals surface area contributed by atoms with Crippen molar-refractivity contribution in [3.05, 3.63) is 96.1 Å². The number of ether oxygens (including phenoxy) is 1. The highest BCUT2D eigenvalue weighted by molar-refractivity contribution is 6.51. The van der Waals surface area contributed by atoms with Gasteiger partial charge < -0.3 is 4.74 Å². The molecule has 2 heterocycles. The lowest BCUT2D eigenvalue weighted by Gasteiger charge is -2.29. The predicted octanol–water partition coefficient (Wildman–Crippen LogP) is 4.34. The number of hydrogen-bond acceptors (Lipinski definition) is 4. The minimum atomic E-state index is -0.263. The first-order valence-corrected chi connectivity index (χ1v) is 10.4. The quantitative estimate of drug-likeness (QED) is 0.644. The molecule has 5 rings (SSSR count). The topological polar surface area (TPSA) is 54.3 Å². The average Bonchev–Trinajstić information content (AvgIpc) is 2.97. The third-order valence-electron chi connectivity index (χ3n) is 5.82. The number of nitrogens with zero attached hydrogens (tertiary/aromatic N) is 3. The fraction of sp³-hybridized carbons (Fsp3) is 0.192. The lowest BCUT2D eigenvalue weighted by Crippen LogP contribution is -2.31. The van der Waals surface area contributed by atoms with Gasteiger partial charge in [0.15, 0.2) is 0 Å². The van der Waals surface area contributed by atoms with E-state index < -0.39 is 0 Å². The Kier molecular flexibility index (Phi) is 5.08. The third kappa shape index (κ3) is 3.42. The number of fused-ring (bicyclic) bond motifs is 1. The molecule has 0 saturated carbocycles. The van der Waals surface area contributed by atoms with E-state index in [-0.39, 0.29) is 17.9 Å². The second kappa shape index (κ2) is 8.19. The van der Waals surface area contributed by atoms with Crippen molar-refractivity contribution in [1.29, 1.82) is 0 Å². The zero-order valence-electron chi connectivity index (χ0n) is 17.3. The fourth-order valence-corrected chi connectivity index (χ4v) is 4.48. The number of hydrogen-bond donors (Lipinski definition) is 0. The van der Waals surface area contributed by atoms with E-state index in [1.807, 2.05) is 77.7 Å². The highest BCUT2D eigenvalue weighted by Crippen LogP contribution is 2.43. The molecular formula is C26H23N3O2. The van der Waals surface area contributed by atoms with Gasteiger partial charge in [-0.3, -0.25) is 19.7 Å². The van der Waals surface area contributed by atoms with Gasteiger partial charge >= 0.3 is 0 Å². The maximum atomic E-state index is 13.7. The molecule has 5 nitrogen and oxygen atoms in total. The second-order valence-corrected chi connectivity index (χ2v) is 7.61. The summed E-state index contributed by atoms with van der Waals surface area (Å²) in [6, 6.07) is 27.6. The number of rotatable bonds is 4. The third-order valence-corrected chi connectivity index (χ3v) is 5.82. The van der Waals surface area contributed by atoms with Crippen LogP contribution in [0.4, 0.5) is 5.69 Å². The second-order valence-electron chi connectivity index (χ2n) is 7.61. The molecule has 2 aliphatic rings. The Hall–Kier alpha value is -3.73. The number of benzene rings is 3. The van der Waals surface area contributed by atoms with Crippen LogP contribution >= 0.6 is 0 Å².